The third-order valence-electron chi connectivity index (χ3n) is 3.38. The molecule has 1 aromatic heterocycles. The number of alkyl halides is 6. The van der Waals surface area contributed by atoms with E-state index in [1.165, 1.54) is 16.2 Å². The SMILES string of the molecule is CCCCn1c(C(F)(F)F)[n+](C)c2ccccc21.O=S(=O)([O-])C(F)(F)F. The van der Waals surface area contributed by atoms with E-state index >= 15 is 0 Å². The number of para-hydroxylation sites is 2. The monoisotopic (exact) mass is 406 g/mol. The van der Waals surface area contributed by atoms with Crippen molar-refractivity contribution in [1.82, 2.24) is 4.57 Å². The van der Waals surface area contributed by atoms with E-state index in [9.17, 15) is 26.3 Å². The first-order valence-corrected chi connectivity index (χ1v) is 8.69. The fraction of sp³-hybridized carbons (Fsp3) is 0.500. The summed E-state index contributed by atoms with van der Waals surface area (Å²) in [5.74, 6) is -0.586. The minimum atomic E-state index is -6.09. The maximum absolute atomic E-state index is 13.1. The van der Waals surface area contributed by atoms with Crippen LogP contribution in [0.4, 0.5) is 26.3 Å². The Kier molecular flexibility index (Phi) is 6.69. The smallest absolute Gasteiger partial charge is 0.495 e. The van der Waals surface area contributed by atoms with Gasteiger partial charge in [0.25, 0.3) is 0 Å². The molecular formula is C14H16F6N2O3S. The lowest BCUT2D eigenvalue weighted by atomic mass is 10.3. The molecule has 0 atom stereocenters. The number of halogens is 6. The van der Waals surface area contributed by atoms with Gasteiger partial charge in [-0.25, -0.2) is 17.6 Å². The molecule has 0 radical (unpaired) electrons. The molecule has 0 unspecified atom stereocenters. The van der Waals surface area contributed by atoms with Gasteiger partial charge in [0.2, 0.25) is 0 Å². The lowest BCUT2D eigenvalue weighted by molar-refractivity contribution is -0.667. The average Bonchev–Trinajstić information content (AvgIpc) is 2.77. The maximum Gasteiger partial charge on any atom is 0.495 e. The van der Waals surface area contributed by atoms with Crippen LogP contribution in [0.5, 0.6) is 0 Å². The summed E-state index contributed by atoms with van der Waals surface area (Å²) in [7, 11) is -4.62. The second-order valence-electron chi connectivity index (χ2n) is 5.27. The fourth-order valence-electron chi connectivity index (χ4n) is 2.27. The number of imidazole rings is 1. The fourth-order valence-corrected chi connectivity index (χ4v) is 2.27. The Hall–Kier alpha value is -1.82. The predicted molar refractivity (Wildman–Crippen MR) is 78.8 cm³/mol. The lowest BCUT2D eigenvalue weighted by Gasteiger charge is -2.08. The Morgan fingerprint density at radius 3 is 2.04 bits per heavy atom. The summed E-state index contributed by atoms with van der Waals surface area (Å²) < 4.78 is 101. The normalized spacial score (nSPS) is 12.8. The molecule has 2 rings (SSSR count). The molecule has 0 amide bonds. The second kappa shape index (κ2) is 7.82. The molecule has 1 heterocycles. The maximum atomic E-state index is 13.1. The Balaban J connectivity index is 0.000000359. The highest BCUT2D eigenvalue weighted by atomic mass is 32.2. The first kappa shape index (κ1) is 22.2. The number of fused-ring (bicyclic) bond motifs is 1. The minimum absolute atomic E-state index is 0.396. The molecule has 0 aliphatic carbocycles. The van der Waals surface area contributed by atoms with Crippen molar-refractivity contribution < 1.29 is 43.9 Å². The van der Waals surface area contributed by atoms with Gasteiger partial charge in [0, 0.05) is 0 Å². The van der Waals surface area contributed by atoms with Gasteiger partial charge in [-0.1, -0.05) is 25.5 Å². The van der Waals surface area contributed by atoms with Crippen LogP contribution >= 0.6 is 0 Å². The highest BCUT2D eigenvalue weighted by molar-refractivity contribution is 7.86. The van der Waals surface area contributed by atoms with Crippen LogP contribution < -0.4 is 4.57 Å². The summed E-state index contributed by atoms with van der Waals surface area (Å²) in [4.78, 5) is 0. The molecular weight excluding hydrogens is 390 g/mol. The van der Waals surface area contributed by atoms with Gasteiger partial charge in [0.15, 0.2) is 21.2 Å². The third-order valence-corrected chi connectivity index (χ3v) is 3.95. The van der Waals surface area contributed by atoms with Crippen LogP contribution in [-0.4, -0.2) is 23.0 Å². The Morgan fingerprint density at radius 1 is 1.12 bits per heavy atom. The summed E-state index contributed by atoms with van der Waals surface area (Å²) in [6, 6.07) is 6.98. The largest absolute Gasteiger partial charge is 0.741 e. The van der Waals surface area contributed by atoms with Gasteiger partial charge in [-0.3, -0.25) is 0 Å². The third kappa shape index (κ3) is 5.10. The molecule has 12 heteroatoms. The van der Waals surface area contributed by atoms with E-state index in [-0.39, 0.29) is 0 Å². The van der Waals surface area contributed by atoms with E-state index in [0.29, 0.717) is 17.6 Å². The van der Waals surface area contributed by atoms with Crippen LogP contribution in [0.3, 0.4) is 0 Å². The number of hydrogen-bond donors (Lipinski definition) is 0. The molecule has 5 nitrogen and oxygen atoms in total. The Morgan fingerprint density at radius 2 is 1.62 bits per heavy atom. The number of unbranched alkanes of at least 4 members (excludes halogenated alkanes) is 1. The predicted octanol–water partition coefficient (Wildman–Crippen LogP) is 3.34. The summed E-state index contributed by atoms with van der Waals surface area (Å²) in [5.41, 5.74) is -4.39. The van der Waals surface area contributed by atoms with Gasteiger partial charge < -0.3 is 4.55 Å². The second-order valence-corrected chi connectivity index (χ2v) is 6.65. The molecule has 0 N–H and O–H groups in total. The topological polar surface area (TPSA) is 66.0 Å². The number of aromatic nitrogens is 2. The summed E-state index contributed by atoms with van der Waals surface area (Å²) in [5, 5.41) is 0. The van der Waals surface area contributed by atoms with Gasteiger partial charge in [0.05, 0.1) is 13.6 Å². The first-order chi connectivity index (χ1) is 11.7. The Labute approximate surface area is 145 Å². The molecule has 2 aromatic rings. The number of hydrogen-bond acceptors (Lipinski definition) is 3. The van der Waals surface area contributed by atoms with Crippen LogP contribution in [0.25, 0.3) is 11.0 Å². The van der Waals surface area contributed by atoms with E-state index in [1.54, 1.807) is 24.3 Å². The highest BCUT2D eigenvalue weighted by Crippen LogP contribution is 2.30. The molecule has 26 heavy (non-hydrogen) atoms. The van der Waals surface area contributed by atoms with Crippen molar-refractivity contribution in [3.05, 3.63) is 30.1 Å². The van der Waals surface area contributed by atoms with Crippen molar-refractivity contribution in [3.8, 4) is 0 Å². The number of nitrogens with zero attached hydrogens (tertiary/aromatic N) is 2. The zero-order valence-corrected chi connectivity index (χ0v) is 14.5. The zero-order valence-electron chi connectivity index (χ0n) is 13.7. The van der Waals surface area contributed by atoms with Gasteiger partial charge in [-0.05, 0) is 18.6 Å². The van der Waals surface area contributed by atoms with Crippen LogP contribution in [0.1, 0.15) is 25.6 Å². The lowest BCUT2D eigenvalue weighted by Crippen LogP contribution is -2.38. The Bertz CT molecular complexity index is 856. The first-order valence-electron chi connectivity index (χ1n) is 7.28. The van der Waals surface area contributed by atoms with Crippen molar-refractivity contribution in [1.29, 1.82) is 0 Å². The van der Waals surface area contributed by atoms with Gasteiger partial charge in [-0.2, -0.15) is 26.3 Å². The van der Waals surface area contributed by atoms with Crippen LogP contribution in [0, 0.1) is 0 Å². The summed E-state index contributed by atoms with van der Waals surface area (Å²) in [6.07, 6.45) is -2.73. The number of benzene rings is 1. The molecule has 0 fully saturated rings. The van der Waals surface area contributed by atoms with Gasteiger partial charge >= 0.3 is 17.5 Å². The zero-order chi connectivity index (χ0) is 20.3. The van der Waals surface area contributed by atoms with E-state index in [0.717, 1.165) is 12.8 Å². The number of rotatable bonds is 3. The van der Waals surface area contributed by atoms with Crippen LogP contribution in [0.15, 0.2) is 24.3 Å². The van der Waals surface area contributed by atoms with E-state index < -0.39 is 27.6 Å². The molecule has 1 aromatic carbocycles. The minimum Gasteiger partial charge on any atom is -0.741 e. The van der Waals surface area contributed by atoms with Crippen molar-refractivity contribution >= 4 is 21.2 Å². The van der Waals surface area contributed by atoms with Crippen LogP contribution in [0.2, 0.25) is 0 Å². The van der Waals surface area contributed by atoms with E-state index in [4.69, 9.17) is 13.0 Å². The molecule has 0 saturated carbocycles. The van der Waals surface area contributed by atoms with Crippen LogP contribution in [-0.2, 0) is 29.9 Å². The molecule has 0 spiro atoms. The molecule has 0 aliphatic rings. The summed E-state index contributed by atoms with van der Waals surface area (Å²) in [6.45, 7) is 2.37. The molecule has 0 aliphatic heterocycles. The average molecular weight is 406 g/mol. The van der Waals surface area contributed by atoms with Crippen molar-refractivity contribution in [3.63, 3.8) is 0 Å². The van der Waals surface area contributed by atoms with E-state index in [2.05, 4.69) is 0 Å². The van der Waals surface area contributed by atoms with Crippen molar-refractivity contribution in [2.45, 2.75) is 38.0 Å². The molecule has 0 saturated heterocycles. The standard InChI is InChI=1S/C13H16F3N2.CHF3O3S/c1-3-4-9-18-11-8-6-5-7-10(11)17(2)12(18)13(14,15)16;2-1(3,4)8(5,6)7/h5-8H,3-4,9H2,1-2H3;(H,5,6,7)/q+1;/p-1. The highest BCUT2D eigenvalue weighted by Gasteiger charge is 2.45. The quantitative estimate of drug-likeness (QED) is 0.340. The van der Waals surface area contributed by atoms with Crippen molar-refractivity contribution in [2.75, 3.05) is 0 Å². The van der Waals surface area contributed by atoms with E-state index in [1.807, 2.05) is 6.92 Å². The van der Waals surface area contributed by atoms with Gasteiger partial charge in [-0.15, -0.1) is 0 Å². The number of aryl methyl sites for hydroxylation is 2. The summed E-state index contributed by atoms with van der Waals surface area (Å²) >= 11 is 0. The van der Waals surface area contributed by atoms with Gasteiger partial charge in [0.1, 0.15) is 0 Å². The molecule has 148 valence electrons. The van der Waals surface area contributed by atoms with Crippen molar-refractivity contribution in [2.24, 2.45) is 7.05 Å². The molecule has 0 bridgehead atoms.